The van der Waals surface area contributed by atoms with Crippen molar-refractivity contribution in [3.8, 4) is 21.6 Å². The highest BCUT2D eigenvalue weighted by Gasteiger charge is 2.19. The van der Waals surface area contributed by atoms with Crippen LogP contribution in [0, 0.1) is 0 Å². The van der Waals surface area contributed by atoms with Gasteiger partial charge in [0, 0.05) is 40.9 Å². The number of rotatable bonds is 5. The molecule has 4 rings (SSSR count). The number of pyridine rings is 1. The summed E-state index contributed by atoms with van der Waals surface area (Å²) in [7, 11) is -3.50. The van der Waals surface area contributed by atoms with E-state index < -0.39 is 10.0 Å². The van der Waals surface area contributed by atoms with Crippen molar-refractivity contribution >= 4 is 33.1 Å². The normalized spacial score (nSPS) is 13.8. The lowest BCUT2D eigenvalue weighted by molar-refractivity contribution is 0.0946. The number of hydrogen-bond acceptors (Lipinski definition) is 6. The summed E-state index contributed by atoms with van der Waals surface area (Å²) in [6, 6.07) is 10.9. The van der Waals surface area contributed by atoms with Gasteiger partial charge in [0.15, 0.2) is 0 Å². The first-order chi connectivity index (χ1) is 13.9. The first kappa shape index (κ1) is 19.6. The molecule has 0 fully saturated rings. The number of carbonyl (C=O) groups excluding carboxylic acids is 1. The van der Waals surface area contributed by atoms with Gasteiger partial charge in [0.1, 0.15) is 10.0 Å². The molecule has 150 valence electrons. The first-order valence-corrected chi connectivity index (χ1v) is 11.5. The number of nitrogens with zero attached hydrogens (tertiary/aromatic N) is 1. The van der Waals surface area contributed by atoms with Crippen LogP contribution in [0.5, 0.6) is 0 Å². The Bertz CT molecular complexity index is 1200. The molecule has 3 aromatic rings. The second-order valence-electron chi connectivity index (χ2n) is 6.65. The number of thiophene rings is 1. The topological polar surface area (TPSA) is 114 Å². The number of anilines is 1. The molecule has 1 aliphatic heterocycles. The molecule has 0 radical (unpaired) electrons. The van der Waals surface area contributed by atoms with Crippen molar-refractivity contribution < 1.29 is 13.2 Å². The number of nitrogens with two attached hydrogens (primary N) is 1. The van der Waals surface area contributed by atoms with Crippen LogP contribution in [0.15, 0.2) is 46.8 Å². The van der Waals surface area contributed by atoms with Crippen molar-refractivity contribution in [2.45, 2.75) is 17.6 Å². The van der Waals surface area contributed by atoms with E-state index in [0.29, 0.717) is 24.5 Å². The minimum atomic E-state index is -3.50. The third-order valence-corrected chi connectivity index (χ3v) is 7.90. The summed E-state index contributed by atoms with van der Waals surface area (Å²) >= 11 is 1.18. The number of aromatic nitrogens is 1. The lowest BCUT2D eigenvalue weighted by Crippen LogP contribution is -2.31. The third kappa shape index (κ3) is 3.76. The summed E-state index contributed by atoms with van der Waals surface area (Å²) in [5.41, 5.74) is 10.2. The number of carbonyl (C=O) groups is 1. The molecular formula is C20H20N4O3S2. The fraction of sp³-hybridized carbons (Fsp3) is 0.200. The molecule has 2 aromatic heterocycles. The van der Waals surface area contributed by atoms with Crippen molar-refractivity contribution in [2.24, 2.45) is 0 Å². The van der Waals surface area contributed by atoms with Gasteiger partial charge in [-0.15, -0.1) is 11.3 Å². The first-order valence-electron chi connectivity index (χ1n) is 9.16. The second kappa shape index (κ2) is 7.58. The number of nitrogens with one attached hydrogen (secondary N) is 2. The van der Waals surface area contributed by atoms with Crippen molar-refractivity contribution in [1.82, 2.24) is 15.0 Å². The zero-order chi connectivity index (χ0) is 20.6. The van der Waals surface area contributed by atoms with Crippen LogP contribution in [0.1, 0.15) is 22.8 Å². The fourth-order valence-electron chi connectivity index (χ4n) is 3.32. The van der Waals surface area contributed by atoms with Crippen LogP contribution in [-0.2, 0) is 16.4 Å². The minimum Gasteiger partial charge on any atom is -0.383 e. The SMILES string of the molecule is CCNS(=O)(=O)c1ccc(-c2cnc(N)c(-c3ccc4c(c3)CCNC4=O)c2)s1. The van der Waals surface area contributed by atoms with Gasteiger partial charge >= 0.3 is 0 Å². The average molecular weight is 429 g/mol. The molecule has 1 amide bonds. The van der Waals surface area contributed by atoms with E-state index in [1.807, 2.05) is 18.2 Å². The Morgan fingerprint density at radius 3 is 2.79 bits per heavy atom. The molecule has 1 aliphatic rings. The van der Waals surface area contributed by atoms with Crippen LogP contribution in [0.3, 0.4) is 0 Å². The largest absolute Gasteiger partial charge is 0.383 e. The highest BCUT2D eigenvalue weighted by atomic mass is 32.2. The number of hydrogen-bond donors (Lipinski definition) is 3. The van der Waals surface area contributed by atoms with Crippen LogP contribution < -0.4 is 15.8 Å². The minimum absolute atomic E-state index is 0.0642. The third-order valence-electron chi connectivity index (χ3n) is 4.72. The van der Waals surface area contributed by atoms with Crippen LogP contribution in [0.2, 0.25) is 0 Å². The lowest BCUT2D eigenvalue weighted by atomic mass is 9.94. The predicted octanol–water partition coefficient (Wildman–Crippen LogP) is 2.64. The monoisotopic (exact) mass is 428 g/mol. The van der Waals surface area contributed by atoms with Crippen LogP contribution >= 0.6 is 11.3 Å². The molecule has 1 aromatic carbocycles. The molecule has 3 heterocycles. The highest BCUT2D eigenvalue weighted by Crippen LogP contribution is 2.35. The van der Waals surface area contributed by atoms with Crippen molar-refractivity contribution in [1.29, 1.82) is 0 Å². The van der Waals surface area contributed by atoms with E-state index >= 15 is 0 Å². The average Bonchev–Trinajstić information content (AvgIpc) is 3.19. The van der Waals surface area contributed by atoms with E-state index in [1.165, 1.54) is 11.3 Å². The molecule has 0 bridgehead atoms. The summed E-state index contributed by atoms with van der Waals surface area (Å²) in [4.78, 5) is 17.1. The van der Waals surface area contributed by atoms with Gasteiger partial charge in [-0.1, -0.05) is 19.1 Å². The molecule has 7 nitrogen and oxygen atoms in total. The maximum absolute atomic E-state index is 12.2. The van der Waals surface area contributed by atoms with Gasteiger partial charge < -0.3 is 11.1 Å². The van der Waals surface area contributed by atoms with E-state index in [0.717, 1.165) is 33.6 Å². The summed E-state index contributed by atoms with van der Waals surface area (Å²) in [6.07, 6.45) is 2.40. The lowest BCUT2D eigenvalue weighted by Gasteiger charge is -2.17. The molecule has 29 heavy (non-hydrogen) atoms. The van der Waals surface area contributed by atoms with Gasteiger partial charge in [-0.25, -0.2) is 18.1 Å². The van der Waals surface area contributed by atoms with Gasteiger partial charge in [0.2, 0.25) is 10.0 Å². The number of fused-ring (bicyclic) bond motifs is 1. The van der Waals surface area contributed by atoms with Crippen molar-refractivity contribution in [3.05, 3.63) is 53.7 Å². The Balaban J connectivity index is 1.73. The standard InChI is InChI=1S/C20H20N4O3S2/c1-2-24-29(26,27)18-6-5-17(28-18)14-10-16(19(21)23-11-14)12-3-4-15-13(9-12)7-8-22-20(15)25/h3-6,9-11,24H,2,7-8H2,1H3,(H2,21,23)(H,22,25). The van der Waals surface area contributed by atoms with Gasteiger partial charge in [0.05, 0.1) is 0 Å². The smallest absolute Gasteiger partial charge is 0.251 e. The molecule has 0 spiro atoms. The van der Waals surface area contributed by atoms with E-state index in [2.05, 4.69) is 15.0 Å². The predicted molar refractivity (Wildman–Crippen MR) is 114 cm³/mol. The van der Waals surface area contributed by atoms with Crippen molar-refractivity contribution in [3.63, 3.8) is 0 Å². The fourth-order valence-corrected chi connectivity index (χ4v) is 5.69. The highest BCUT2D eigenvalue weighted by molar-refractivity contribution is 7.91. The number of nitrogen functional groups attached to an aromatic ring is 1. The summed E-state index contributed by atoms with van der Waals surface area (Å²) in [5.74, 6) is 0.316. The molecule has 0 saturated heterocycles. The Hall–Kier alpha value is -2.75. The Morgan fingerprint density at radius 1 is 1.17 bits per heavy atom. The van der Waals surface area contributed by atoms with Gasteiger partial charge in [0.25, 0.3) is 5.91 Å². The summed E-state index contributed by atoms with van der Waals surface area (Å²) < 4.78 is 27.2. The number of amides is 1. The maximum atomic E-state index is 12.2. The zero-order valence-corrected chi connectivity index (χ0v) is 17.4. The van der Waals surface area contributed by atoms with E-state index in [-0.39, 0.29) is 10.1 Å². The van der Waals surface area contributed by atoms with E-state index in [4.69, 9.17) is 5.73 Å². The van der Waals surface area contributed by atoms with E-state index in [9.17, 15) is 13.2 Å². The summed E-state index contributed by atoms with van der Waals surface area (Å²) in [6.45, 7) is 2.69. The summed E-state index contributed by atoms with van der Waals surface area (Å²) in [5, 5.41) is 2.83. The zero-order valence-electron chi connectivity index (χ0n) is 15.7. The van der Waals surface area contributed by atoms with Gasteiger partial charge in [-0.3, -0.25) is 4.79 Å². The molecular weight excluding hydrogens is 408 g/mol. The number of sulfonamides is 1. The van der Waals surface area contributed by atoms with Crippen LogP contribution in [0.4, 0.5) is 5.82 Å². The quantitative estimate of drug-likeness (QED) is 0.578. The Labute approximate surface area is 173 Å². The molecule has 0 saturated carbocycles. The molecule has 0 unspecified atom stereocenters. The van der Waals surface area contributed by atoms with Crippen molar-refractivity contribution in [2.75, 3.05) is 18.8 Å². The van der Waals surface area contributed by atoms with Gasteiger partial charge in [-0.05, 0) is 41.8 Å². The van der Waals surface area contributed by atoms with Gasteiger partial charge in [-0.2, -0.15) is 0 Å². The number of benzene rings is 1. The molecule has 0 atom stereocenters. The molecule has 0 aliphatic carbocycles. The second-order valence-corrected chi connectivity index (χ2v) is 9.73. The Morgan fingerprint density at radius 2 is 2.00 bits per heavy atom. The van der Waals surface area contributed by atoms with Crippen LogP contribution in [0.25, 0.3) is 21.6 Å². The van der Waals surface area contributed by atoms with Crippen LogP contribution in [-0.4, -0.2) is 32.4 Å². The van der Waals surface area contributed by atoms with E-state index in [1.54, 1.807) is 31.3 Å². The Kier molecular flexibility index (Phi) is 5.12. The maximum Gasteiger partial charge on any atom is 0.251 e. The molecule has 9 heteroatoms. The molecule has 4 N–H and O–H groups in total.